The normalized spacial score (nSPS) is 23.8. The summed E-state index contributed by atoms with van der Waals surface area (Å²) in [6, 6.07) is 0.563. The number of nitrogens with zero attached hydrogens (tertiary/aromatic N) is 1. The van der Waals surface area contributed by atoms with Gasteiger partial charge in [0, 0.05) is 26.2 Å². The van der Waals surface area contributed by atoms with Gasteiger partial charge in [0.15, 0.2) is 0 Å². The fourth-order valence-corrected chi connectivity index (χ4v) is 2.46. The van der Waals surface area contributed by atoms with Gasteiger partial charge in [-0.25, -0.2) is 0 Å². The van der Waals surface area contributed by atoms with Gasteiger partial charge in [-0.3, -0.25) is 4.90 Å². The van der Waals surface area contributed by atoms with E-state index in [0.29, 0.717) is 6.04 Å². The van der Waals surface area contributed by atoms with Crippen LogP contribution in [0.4, 0.5) is 0 Å². The van der Waals surface area contributed by atoms with E-state index < -0.39 is 0 Å². The third-order valence-electron chi connectivity index (χ3n) is 3.58. The highest BCUT2D eigenvalue weighted by atomic mass is 16.5. The predicted octanol–water partition coefficient (Wildman–Crippen LogP) is 1.73. The number of nitrogens with one attached hydrogen (secondary N) is 1. The second kappa shape index (κ2) is 8.04. The molecule has 0 amide bonds. The van der Waals surface area contributed by atoms with Crippen molar-refractivity contribution in [1.29, 1.82) is 0 Å². The Balaban J connectivity index is 2.31. The third-order valence-corrected chi connectivity index (χ3v) is 3.58. The first-order valence-corrected chi connectivity index (χ1v) is 6.75. The Labute approximate surface area is 101 Å². The van der Waals surface area contributed by atoms with Crippen molar-refractivity contribution in [2.75, 3.05) is 39.9 Å². The Kier molecular flexibility index (Phi) is 7.01. The van der Waals surface area contributed by atoms with Crippen molar-refractivity contribution in [2.45, 2.75) is 39.2 Å². The van der Waals surface area contributed by atoms with Crippen molar-refractivity contribution in [3.05, 3.63) is 0 Å². The fraction of sp³-hybridized carbons (Fsp3) is 1.00. The molecule has 2 atom stereocenters. The van der Waals surface area contributed by atoms with Crippen LogP contribution in [0.15, 0.2) is 0 Å². The summed E-state index contributed by atoms with van der Waals surface area (Å²) in [7, 11) is 1.81. The van der Waals surface area contributed by atoms with Crippen molar-refractivity contribution in [3.8, 4) is 0 Å². The molecule has 1 N–H and O–H groups in total. The van der Waals surface area contributed by atoms with Gasteiger partial charge in [-0.1, -0.05) is 20.3 Å². The molecule has 0 radical (unpaired) electrons. The molecule has 3 heteroatoms. The van der Waals surface area contributed by atoms with E-state index in [1.54, 1.807) is 7.11 Å². The third kappa shape index (κ3) is 4.40. The van der Waals surface area contributed by atoms with E-state index >= 15 is 0 Å². The van der Waals surface area contributed by atoms with Gasteiger partial charge in [0.1, 0.15) is 0 Å². The molecule has 16 heavy (non-hydrogen) atoms. The molecular formula is C13H28N2O. The molecular weight excluding hydrogens is 200 g/mol. The SMILES string of the molecule is CCCNCC(COC)N1CCC(CC)C1. The monoisotopic (exact) mass is 228 g/mol. The summed E-state index contributed by atoms with van der Waals surface area (Å²) in [5, 5.41) is 3.51. The molecule has 1 aliphatic rings. The lowest BCUT2D eigenvalue weighted by molar-refractivity contribution is 0.102. The first-order chi connectivity index (χ1) is 7.81. The summed E-state index contributed by atoms with van der Waals surface area (Å²) in [4.78, 5) is 2.60. The Morgan fingerprint density at radius 2 is 2.25 bits per heavy atom. The minimum absolute atomic E-state index is 0.563. The molecule has 1 saturated heterocycles. The van der Waals surface area contributed by atoms with Gasteiger partial charge >= 0.3 is 0 Å². The van der Waals surface area contributed by atoms with E-state index in [-0.39, 0.29) is 0 Å². The lowest BCUT2D eigenvalue weighted by atomic mass is 10.1. The summed E-state index contributed by atoms with van der Waals surface area (Å²) in [5.41, 5.74) is 0. The largest absolute Gasteiger partial charge is 0.383 e. The molecule has 2 unspecified atom stereocenters. The number of methoxy groups -OCH3 is 1. The van der Waals surface area contributed by atoms with Crippen molar-refractivity contribution < 1.29 is 4.74 Å². The maximum absolute atomic E-state index is 5.33. The highest BCUT2D eigenvalue weighted by Gasteiger charge is 2.26. The summed E-state index contributed by atoms with van der Waals surface area (Å²) in [6.45, 7) is 10.1. The maximum Gasteiger partial charge on any atom is 0.0630 e. The van der Waals surface area contributed by atoms with Crippen LogP contribution in [0.3, 0.4) is 0 Å². The Morgan fingerprint density at radius 1 is 1.44 bits per heavy atom. The van der Waals surface area contributed by atoms with Gasteiger partial charge in [0.05, 0.1) is 6.61 Å². The molecule has 0 saturated carbocycles. The average molecular weight is 228 g/mol. The number of ether oxygens (including phenoxy) is 1. The minimum atomic E-state index is 0.563. The smallest absolute Gasteiger partial charge is 0.0630 e. The molecule has 1 rings (SSSR count). The Morgan fingerprint density at radius 3 is 2.81 bits per heavy atom. The van der Waals surface area contributed by atoms with Crippen LogP contribution in [-0.2, 0) is 4.74 Å². The van der Waals surface area contributed by atoms with Gasteiger partial charge in [0.25, 0.3) is 0 Å². The van der Waals surface area contributed by atoms with E-state index in [1.807, 2.05) is 0 Å². The molecule has 0 bridgehead atoms. The molecule has 0 spiro atoms. The van der Waals surface area contributed by atoms with E-state index in [2.05, 4.69) is 24.1 Å². The molecule has 1 heterocycles. The van der Waals surface area contributed by atoms with Crippen LogP contribution in [0.2, 0.25) is 0 Å². The molecule has 0 aromatic heterocycles. The van der Waals surface area contributed by atoms with Gasteiger partial charge in [-0.15, -0.1) is 0 Å². The molecule has 3 nitrogen and oxygen atoms in total. The van der Waals surface area contributed by atoms with Gasteiger partial charge in [-0.2, -0.15) is 0 Å². The minimum Gasteiger partial charge on any atom is -0.383 e. The Bertz CT molecular complexity index is 175. The molecule has 0 aromatic carbocycles. The fourth-order valence-electron chi connectivity index (χ4n) is 2.46. The Hall–Kier alpha value is -0.120. The van der Waals surface area contributed by atoms with Crippen molar-refractivity contribution >= 4 is 0 Å². The molecule has 0 aromatic rings. The van der Waals surface area contributed by atoms with Crippen LogP contribution in [0.5, 0.6) is 0 Å². The summed E-state index contributed by atoms with van der Waals surface area (Å²) in [5.74, 6) is 0.908. The predicted molar refractivity (Wildman–Crippen MR) is 68.8 cm³/mol. The van der Waals surface area contributed by atoms with Crippen LogP contribution in [0.1, 0.15) is 33.1 Å². The average Bonchev–Trinajstić information content (AvgIpc) is 2.76. The number of rotatable bonds is 8. The van der Waals surface area contributed by atoms with Crippen LogP contribution >= 0.6 is 0 Å². The van der Waals surface area contributed by atoms with Crippen LogP contribution < -0.4 is 5.32 Å². The summed E-state index contributed by atoms with van der Waals surface area (Å²) >= 11 is 0. The maximum atomic E-state index is 5.33. The van der Waals surface area contributed by atoms with Crippen molar-refractivity contribution in [1.82, 2.24) is 10.2 Å². The van der Waals surface area contributed by atoms with E-state index in [0.717, 1.165) is 25.6 Å². The van der Waals surface area contributed by atoms with Crippen LogP contribution in [0, 0.1) is 5.92 Å². The highest BCUT2D eigenvalue weighted by molar-refractivity contribution is 4.82. The zero-order valence-electron chi connectivity index (χ0n) is 11.2. The summed E-state index contributed by atoms with van der Waals surface area (Å²) < 4.78 is 5.33. The van der Waals surface area contributed by atoms with E-state index in [4.69, 9.17) is 4.74 Å². The zero-order chi connectivity index (χ0) is 11.8. The number of hydrogen-bond donors (Lipinski definition) is 1. The lowest BCUT2D eigenvalue weighted by Gasteiger charge is -2.27. The highest BCUT2D eigenvalue weighted by Crippen LogP contribution is 2.21. The van der Waals surface area contributed by atoms with Crippen molar-refractivity contribution in [3.63, 3.8) is 0 Å². The van der Waals surface area contributed by atoms with Gasteiger partial charge < -0.3 is 10.1 Å². The molecule has 1 fully saturated rings. The standard InChI is InChI=1S/C13H28N2O/c1-4-7-14-9-13(11-16-3)15-8-6-12(5-2)10-15/h12-14H,4-11H2,1-3H3. The number of likely N-dealkylation sites (tertiary alicyclic amines) is 1. The molecule has 96 valence electrons. The second-order valence-electron chi connectivity index (χ2n) is 4.87. The summed E-state index contributed by atoms with van der Waals surface area (Å²) in [6.07, 6.45) is 3.89. The quantitative estimate of drug-likeness (QED) is 0.640. The molecule has 0 aliphatic carbocycles. The van der Waals surface area contributed by atoms with Gasteiger partial charge in [-0.05, 0) is 31.8 Å². The van der Waals surface area contributed by atoms with E-state index in [1.165, 1.54) is 32.4 Å². The van der Waals surface area contributed by atoms with Crippen molar-refractivity contribution in [2.24, 2.45) is 5.92 Å². The van der Waals surface area contributed by atoms with Crippen LogP contribution in [0.25, 0.3) is 0 Å². The zero-order valence-corrected chi connectivity index (χ0v) is 11.2. The number of hydrogen-bond acceptors (Lipinski definition) is 3. The lowest BCUT2D eigenvalue weighted by Crippen LogP contribution is -2.44. The van der Waals surface area contributed by atoms with Crippen LogP contribution in [-0.4, -0.2) is 50.8 Å². The topological polar surface area (TPSA) is 24.5 Å². The first kappa shape index (κ1) is 13.9. The van der Waals surface area contributed by atoms with Gasteiger partial charge in [0.2, 0.25) is 0 Å². The van der Waals surface area contributed by atoms with E-state index in [9.17, 15) is 0 Å². The first-order valence-electron chi connectivity index (χ1n) is 6.75. The second-order valence-corrected chi connectivity index (χ2v) is 4.87. The molecule has 1 aliphatic heterocycles.